The highest BCUT2D eigenvalue weighted by atomic mass is 15.2. The molecule has 1 aromatic heterocycles. The summed E-state index contributed by atoms with van der Waals surface area (Å²) in [6.45, 7) is 15.5. The number of aromatic nitrogens is 2. The minimum Gasteiger partial charge on any atom is -0.375 e. The van der Waals surface area contributed by atoms with E-state index in [0.29, 0.717) is 11.8 Å². The predicted molar refractivity (Wildman–Crippen MR) is 102 cm³/mol. The minimum atomic E-state index is 0.616. The molecular weight excluding hydrogens is 296 g/mol. The second-order valence-corrected chi connectivity index (χ2v) is 7.83. The Kier molecular flexibility index (Phi) is 7.35. The molecule has 4 nitrogen and oxygen atoms in total. The number of hydrogen-bond donors (Lipinski definition) is 1. The van der Waals surface area contributed by atoms with Gasteiger partial charge in [0.15, 0.2) is 0 Å². The second kappa shape index (κ2) is 9.26. The third kappa shape index (κ3) is 5.37. The lowest BCUT2D eigenvalue weighted by Crippen LogP contribution is -2.33. The van der Waals surface area contributed by atoms with Crippen LogP contribution < -0.4 is 0 Å². The standard InChI is InChI=1S/C20H36N4/c1-6-7-10-23(5)15-19-14-21-22-20(19)18-8-11-24(12-9-18)17(4)13-16(2)3/h14,16,18H,4,6-13,15H2,1-3,5H3,(H,21,22). The van der Waals surface area contributed by atoms with Crippen LogP contribution in [0.1, 0.15) is 70.1 Å². The van der Waals surface area contributed by atoms with Crippen LogP contribution in [0, 0.1) is 5.92 Å². The van der Waals surface area contributed by atoms with E-state index in [1.807, 2.05) is 6.20 Å². The SMILES string of the molecule is C=C(CC(C)C)N1CCC(c2[nH]ncc2CN(C)CCCC)CC1. The number of nitrogens with one attached hydrogen (secondary N) is 1. The fourth-order valence-electron chi connectivity index (χ4n) is 3.68. The topological polar surface area (TPSA) is 35.2 Å². The van der Waals surface area contributed by atoms with E-state index in [-0.39, 0.29) is 0 Å². The van der Waals surface area contributed by atoms with Gasteiger partial charge in [-0.1, -0.05) is 33.8 Å². The number of nitrogens with zero attached hydrogens (tertiary/aromatic N) is 3. The molecule has 0 spiro atoms. The summed E-state index contributed by atoms with van der Waals surface area (Å²) in [7, 11) is 2.21. The van der Waals surface area contributed by atoms with E-state index in [1.54, 1.807) is 0 Å². The van der Waals surface area contributed by atoms with E-state index in [2.05, 4.69) is 54.4 Å². The molecule has 1 saturated heterocycles. The molecule has 1 N–H and O–H groups in total. The Morgan fingerprint density at radius 3 is 2.75 bits per heavy atom. The average Bonchev–Trinajstić information content (AvgIpc) is 3.00. The van der Waals surface area contributed by atoms with Crippen LogP contribution in [0.3, 0.4) is 0 Å². The van der Waals surface area contributed by atoms with Crippen LogP contribution in [0.15, 0.2) is 18.5 Å². The van der Waals surface area contributed by atoms with Crippen molar-refractivity contribution >= 4 is 0 Å². The van der Waals surface area contributed by atoms with Gasteiger partial charge in [-0.25, -0.2) is 0 Å². The van der Waals surface area contributed by atoms with Gasteiger partial charge in [-0.05, 0) is 45.2 Å². The van der Waals surface area contributed by atoms with Gasteiger partial charge in [-0.2, -0.15) is 5.10 Å². The first-order chi connectivity index (χ1) is 11.5. The maximum Gasteiger partial charge on any atom is 0.0535 e. The fraction of sp³-hybridized carbons (Fsp3) is 0.750. The fourth-order valence-corrected chi connectivity index (χ4v) is 3.68. The number of likely N-dealkylation sites (tertiary alicyclic amines) is 1. The number of unbranched alkanes of at least 4 members (excludes halogenated alkanes) is 1. The molecule has 1 aliphatic rings. The summed E-state index contributed by atoms with van der Waals surface area (Å²) in [5.41, 5.74) is 4.06. The van der Waals surface area contributed by atoms with Gasteiger partial charge in [-0.3, -0.25) is 5.10 Å². The summed E-state index contributed by atoms with van der Waals surface area (Å²) in [6.07, 6.45) is 8.06. The minimum absolute atomic E-state index is 0.616. The summed E-state index contributed by atoms with van der Waals surface area (Å²) in [5, 5.41) is 7.64. The van der Waals surface area contributed by atoms with Crippen LogP contribution in [-0.2, 0) is 6.54 Å². The maximum atomic E-state index is 4.34. The molecule has 0 saturated carbocycles. The first kappa shape index (κ1) is 19.0. The predicted octanol–water partition coefficient (Wildman–Crippen LogP) is 4.38. The van der Waals surface area contributed by atoms with Crippen molar-refractivity contribution in [3.8, 4) is 0 Å². The first-order valence-corrected chi connectivity index (χ1v) is 9.64. The third-order valence-corrected chi connectivity index (χ3v) is 5.08. The molecular formula is C20H36N4. The van der Waals surface area contributed by atoms with Crippen molar-refractivity contribution in [2.45, 2.75) is 65.3 Å². The zero-order valence-electron chi connectivity index (χ0n) is 16.1. The number of aromatic amines is 1. The van der Waals surface area contributed by atoms with Crippen molar-refractivity contribution in [1.82, 2.24) is 20.0 Å². The zero-order valence-corrected chi connectivity index (χ0v) is 16.1. The molecule has 24 heavy (non-hydrogen) atoms. The molecule has 1 aromatic rings. The Balaban J connectivity index is 1.88. The van der Waals surface area contributed by atoms with Gasteiger partial charge >= 0.3 is 0 Å². The molecule has 0 amide bonds. The lowest BCUT2D eigenvalue weighted by atomic mass is 9.90. The highest BCUT2D eigenvalue weighted by Gasteiger charge is 2.24. The summed E-state index contributed by atoms with van der Waals surface area (Å²) in [6, 6.07) is 0. The largest absolute Gasteiger partial charge is 0.375 e. The molecule has 0 atom stereocenters. The molecule has 2 heterocycles. The smallest absolute Gasteiger partial charge is 0.0535 e. The van der Waals surface area contributed by atoms with Gasteiger partial charge < -0.3 is 9.80 Å². The molecule has 0 unspecified atom stereocenters. The summed E-state index contributed by atoms with van der Waals surface area (Å²) >= 11 is 0. The van der Waals surface area contributed by atoms with Gasteiger partial charge in [0.1, 0.15) is 0 Å². The van der Waals surface area contributed by atoms with E-state index in [1.165, 1.54) is 42.6 Å². The van der Waals surface area contributed by atoms with E-state index in [0.717, 1.165) is 32.6 Å². The highest BCUT2D eigenvalue weighted by molar-refractivity contribution is 5.21. The summed E-state index contributed by atoms with van der Waals surface area (Å²) in [5.74, 6) is 1.30. The van der Waals surface area contributed by atoms with Crippen molar-refractivity contribution < 1.29 is 0 Å². The van der Waals surface area contributed by atoms with Crippen molar-refractivity contribution in [2.24, 2.45) is 5.92 Å². The Morgan fingerprint density at radius 1 is 1.42 bits per heavy atom. The van der Waals surface area contributed by atoms with Gasteiger partial charge in [0.2, 0.25) is 0 Å². The lowest BCUT2D eigenvalue weighted by molar-refractivity contribution is 0.247. The molecule has 1 aliphatic heterocycles. The van der Waals surface area contributed by atoms with Crippen LogP contribution in [0.25, 0.3) is 0 Å². The van der Waals surface area contributed by atoms with E-state index >= 15 is 0 Å². The van der Waals surface area contributed by atoms with Gasteiger partial charge in [0, 0.05) is 42.5 Å². The van der Waals surface area contributed by atoms with Crippen LogP contribution >= 0.6 is 0 Å². The van der Waals surface area contributed by atoms with Gasteiger partial charge in [0.05, 0.1) is 6.20 Å². The van der Waals surface area contributed by atoms with Crippen LogP contribution in [-0.4, -0.2) is 46.7 Å². The molecule has 0 aromatic carbocycles. The van der Waals surface area contributed by atoms with Gasteiger partial charge in [-0.15, -0.1) is 0 Å². The average molecular weight is 333 g/mol. The maximum absolute atomic E-state index is 4.34. The monoisotopic (exact) mass is 332 g/mol. The number of rotatable bonds is 9. The Morgan fingerprint density at radius 2 is 2.12 bits per heavy atom. The van der Waals surface area contributed by atoms with Crippen LogP contribution in [0.2, 0.25) is 0 Å². The van der Waals surface area contributed by atoms with Crippen molar-refractivity contribution in [3.05, 3.63) is 29.7 Å². The van der Waals surface area contributed by atoms with E-state index < -0.39 is 0 Å². The van der Waals surface area contributed by atoms with Gasteiger partial charge in [0.25, 0.3) is 0 Å². The van der Waals surface area contributed by atoms with E-state index in [4.69, 9.17) is 0 Å². The number of H-pyrrole nitrogens is 1. The summed E-state index contributed by atoms with van der Waals surface area (Å²) < 4.78 is 0. The number of allylic oxidation sites excluding steroid dienone is 1. The number of hydrogen-bond acceptors (Lipinski definition) is 3. The Bertz CT molecular complexity index is 497. The molecule has 0 radical (unpaired) electrons. The molecule has 136 valence electrons. The molecule has 0 aliphatic carbocycles. The lowest BCUT2D eigenvalue weighted by Gasteiger charge is -2.35. The van der Waals surface area contributed by atoms with E-state index in [9.17, 15) is 0 Å². The van der Waals surface area contributed by atoms with Crippen molar-refractivity contribution in [2.75, 3.05) is 26.7 Å². The normalized spacial score (nSPS) is 16.3. The molecule has 1 fully saturated rings. The quantitative estimate of drug-likeness (QED) is 0.729. The van der Waals surface area contributed by atoms with Crippen LogP contribution in [0.5, 0.6) is 0 Å². The Hall–Kier alpha value is -1.29. The highest BCUT2D eigenvalue weighted by Crippen LogP contribution is 2.31. The second-order valence-electron chi connectivity index (χ2n) is 7.83. The third-order valence-electron chi connectivity index (χ3n) is 5.08. The Labute approximate surface area is 148 Å². The molecule has 4 heteroatoms. The van der Waals surface area contributed by atoms with Crippen molar-refractivity contribution in [1.29, 1.82) is 0 Å². The zero-order chi connectivity index (χ0) is 17.5. The molecule has 0 bridgehead atoms. The van der Waals surface area contributed by atoms with Crippen LogP contribution in [0.4, 0.5) is 0 Å². The summed E-state index contributed by atoms with van der Waals surface area (Å²) in [4.78, 5) is 4.90. The van der Waals surface area contributed by atoms with Crippen molar-refractivity contribution in [3.63, 3.8) is 0 Å². The first-order valence-electron chi connectivity index (χ1n) is 9.64. The molecule has 2 rings (SSSR count). The number of piperidine rings is 1.